The summed E-state index contributed by atoms with van der Waals surface area (Å²) < 4.78 is 13.6. The van der Waals surface area contributed by atoms with E-state index in [-0.39, 0.29) is 5.82 Å². The number of nitrogens with one attached hydrogen (secondary N) is 1. The lowest BCUT2D eigenvalue weighted by Gasteiger charge is -2.27. The van der Waals surface area contributed by atoms with Crippen molar-refractivity contribution in [3.63, 3.8) is 0 Å². The summed E-state index contributed by atoms with van der Waals surface area (Å²) in [5, 5.41) is 0.924. The molecule has 1 N–H and O–H groups in total. The van der Waals surface area contributed by atoms with E-state index in [1.54, 1.807) is 23.5 Å². The third-order valence-corrected chi connectivity index (χ3v) is 5.32. The first-order valence-electron chi connectivity index (χ1n) is 7.67. The van der Waals surface area contributed by atoms with Gasteiger partial charge in [-0.3, -0.25) is 4.90 Å². The number of aromatic amines is 1. The topological polar surface area (TPSA) is 44.8 Å². The number of benzene rings is 1. The van der Waals surface area contributed by atoms with Gasteiger partial charge in [0.05, 0.1) is 0 Å². The third-order valence-electron chi connectivity index (χ3n) is 4.08. The molecule has 24 heavy (non-hydrogen) atoms. The van der Waals surface area contributed by atoms with Gasteiger partial charge in [0.15, 0.2) is 4.77 Å². The van der Waals surface area contributed by atoms with E-state index in [9.17, 15) is 4.39 Å². The Bertz CT molecular complexity index is 917. The van der Waals surface area contributed by atoms with Gasteiger partial charge in [-0.25, -0.2) is 14.4 Å². The Morgan fingerprint density at radius 3 is 2.88 bits per heavy atom. The van der Waals surface area contributed by atoms with Crippen LogP contribution < -0.4 is 0 Å². The van der Waals surface area contributed by atoms with Gasteiger partial charge in [-0.1, -0.05) is 0 Å². The lowest BCUT2D eigenvalue weighted by Crippen LogP contribution is -2.30. The Balaban J connectivity index is 1.48. The van der Waals surface area contributed by atoms with Gasteiger partial charge in [0.2, 0.25) is 0 Å². The number of nitrogens with zero attached hydrogens (tertiary/aromatic N) is 3. The molecule has 0 saturated heterocycles. The maximum Gasteiger partial charge on any atom is 0.196 e. The lowest BCUT2D eigenvalue weighted by molar-refractivity contribution is 0.244. The molecule has 122 valence electrons. The Hall–Kier alpha value is -1.96. The number of fused-ring (bicyclic) bond motifs is 1. The van der Waals surface area contributed by atoms with Gasteiger partial charge in [0, 0.05) is 60.1 Å². The molecule has 4 rings (SSSR count). The summed E-state index contributed by atoms with van der Waals surface area (Å²) in [5.74, 6) is -0.227. The predicted molar refractivity (Wildman–Crippen MR) is 94.7 cm³/mol. The highest BCUT2D eigenvalue weighted by Gasteiger charge is 2.18. The van der Waals surface area contributed by atoms with Crippen LogP contribution >= 0.6 is 23.6 Å². The second-order valence-corrected chi connectivity index (χ2v) is 7.29. The van der Waals surface area contributed by atoms with Crippen molar-refractivity contribution < 1.29 is 4.39 Å². The van der Waals surface area contributed by atoms with Crippen molar-refractivity contribution in [2.75, 3.05) is 6.54 Å². The van der Waals surface area contributed by atoms with E-state index in [1.807, 2.05) is 12.4 Å². The highest BCUT2D eigenvalue weighted by Crippen LogP contribution is 2.27. The molecule has 2 aromatic heterocycles. The third kappa shape index (κ3) is 3.28. The van der Waals surface area contributed by atoms with E-state index in [4.69, 9.17) is 12.2 Å². The molecule has 0 spiro atoms. The zero-order chi connectivity index (χ0) is 16.5. The molecule has 3 aromatic rings. The first-order valence-corrected chi connectivity index (χ1v) is 8.90. The molecule has 0 unspecified atom stereocenters. The van der Waals surface area contributed by atoms with Crippen LogP contribution in [0.5, 0.6) is 0 Å². The van der Waals surface area contributed by atoms with Crippen LogP contribution in [0.25, 0.3) is 10.6 Å². The van der Waals surface area contributed by atoms with E-state index in [1.165, 1.54) is 28.3 Å². The molecule has 0 saturated carbocycles. The summed E-state index contributed by atoms with van der Waals surface area (Å²) >= 11 is 6.73. The van der Waals surface area contributed by atoms with E-state index < -0.39 is 0 Å². The van der Waals surface area contributed by atoms with Gasteiger partial charge < -0.3 is 4.98 Å². The molecule has 1 aliphatic rings. The van der Waals surface area contributed by atoms with Crippen LogP contribution in [0.4, 0.5) is 4.39 Å². The van der Waals surface area contributed by atoms with Gasteiger partial charge in [0.25, 0.3) is 0 Å². The second-order valence-electron chi connectivity index (χ2n) is 5.79. The molecule has 7 heteroatoms. The lowest BCUT2D eigenvalue weighted by atomic mass is 10.1. The van der Waals surface area contributed by atoms with Crippen LogP contribution in [0.3, 0.4) is 0 Å². The van der Waals surface area contributed by atoms with Crippen LogP contribution in [0.15, 0.2) is 36.7 Å². The van der Waals surface area contributed by atoms with Gasteiger partial charge in [-0.2, -0.15) is 0 Å². The first-order chi connectivity index (χ1) is 11.7. The van der Waals surface area contributed by atoms with Crippen LogP contribution in [0, 0.1) is 10.6 Å². The average Bonchev–Trinajstić information content (AvgIpc) is 3.04. The molecule has 1 aromatic carbocycles. The molecular formula is C17H15FN4S2. The summed E-state index contributed by atoms with van der Waals surface area (Å²) in [6, 6.07) is 6.47. The van der Waals surface area contributed by atoms with Crippen molar-refractivity contribution in [2.45, 2.75) is 19.5 Å². The Morgan fingerprint density at radius 1 is 1.21 bits per heavy atom. The number of hydrogen-bond acceptors (Lipinski definition) is 5. The standard InChI is InChI=1S/C17H15FN4S2/c18-13-3-1-11(2-4-13)16-19-8-14(24-16)10-22-6-5-15-12(9-22)7-20-17(23)21-15/h1-4,7-8H,5-6,9-10H2,(H,20,21,23). The normalized spacial score (nSPS) is 14.5. The Kier molecular flexibility index (Phi) is 4.22. The molecule has 0 atom stereocenters. The minimum absolute atomic E-state index is 0.227. The molecule has 0 radical (unpaired) electrons. The minimum Gasteiger partial charge on any atom is -0.334 e. The summed E-state index contributed by atoms with van der Waals surface area (Å²) in [6.45, 7) is 2.69. The number of aromatic nitrogens is 3. The number of rotatable bonds is 3. The van der Waals surface area contributed by atoms with Crippen molar-refractivity contribution >= 4 is 23.6 Å². The zero-order valence-electron chi connectivity index (χ0n) is 12.8. The van der Waals surface area contributed by atoms with E-state index in [2.05, 4.69) is 19.9 Å². The van der Waals surface area contributed by atoms with Crippen molar-refractivity contribution in [1.82, 2.24) is 19.9 Å². The van der Waals surface area contributed by atoms with Gasteiger partial charge in [-0.05, 0) is 36.5 Å². The number of hydrogen-bond donors (Lipinski definition) is 1. The minimum atomic E-state index is -0.227. The van der Waals surface area contributed by atoms with E-state index in [0.29, 0.717) is 4.77 Å². The van der Waals surface area contributed by atoms with Crippen molar-refractivity contribution in [3.8, 4) is 10.6 Å². The summed E-state index contributed by atoms with van der Waals surface area (Å²) in [7, 11) is 0. The zero-order valence-corrected chi connectivity index (χ0v) is 14.5. The highest BCUT2D eigenvalue weighted by molar-refractivity contribution is 7.71. The largest absolute Gasteiger partial charge is 0.334 e. The van der Waals surface area contributed by atoms with Crippen LogP contribution in [-0.4, -0.2) is 26.4 Å². The van der Waals surface area contributed by atoms with Crippen LogP contribution in [0.1, 0.15) is 16.1 Å². The number of thiazole rings is 1. The van der Waals surface area contributed by atoms with Crippen LogP contribution in [0.2, 0.25) is 0 Å². The van der Waals surface area contributed by atoms with Gasteiger partial charge >= 0.3 is 0 Å². The number of halogens is 1. The monoisotopic (exact) mass is 358 g/mol. The molecular weight excluding hydrogens is 343 g/mol. The SMILES string of the molecule is Fc1ccc(-c2ncc(CN3CCc4[nH]c(=S)ncc4C3)s2)cc1. The molecule has 1 aliphatic heterocycles. The van der Waals surface area contributed by atoms with Gasteiger partial charge in [-0.15, -0.1) is 11.3 Å². The Morgan fingerprint density at radius 2 is 2.04 bits per heavy atom. The van der Waals surface area contributed by atoms with Crippen molar-refractivity contribution in [3.05, 3.63) is 63.4 Å². The maximum atomic E-state index is 13.0. The maximum absolute atomic E-state index is 13.0. The molecule has 0 aliphatic carbocycles. The summed E-state index contributed by atoms with van der Waals surface area (Å²) in [4.78, 5) is 15.4. The fraction of sp³-hybridized carbons (Fsp3) is 0.235. The molecule has 0 fully saturated rings. The fourth-order valence-electron chi connectivity index (χ4n) is 2.87. The quantitative estimate of drug-likeness (QED) is 0.720. The molecule has 4 nitrogen and oxygen atoms in total. The molecule has 0 bridgehead atoms. The molecule has 3 heterocycles. The first kappa shape index (κ1) is 15.6. The number of H-pyrrole nitrogens is 1. The second kappa shape index (κ2) is 6.51. The Labute approximate surface area is 148 Å². The highest BCUT2D eigenvalue weighted by atomic mass is 32.1. The van der Waals surface area contributed by atoms with E-state index >= 15 is 0 Å². The molecule has 0 amide bonds. The summed E-state index contributed by atoms with van der Waals surface area (Å²) in [6.07, 6.45) is 4.73. The predicted octanol–water partition coefficient (Wildman–Crippen LogP) is 3.96. The van der Waals surface area contributed by atoms with Gasteiger partial charge in [0.1, 0.15) is 10.8 Å². The van der Waals surface area contributed by atoms with Crippen molar-refractivity contribution in [1.29, 1.82) is 0 Å². The van der Waals surface area contributed by atoms with Crippen LogP contribution in [-0.2, 0) is 19.5 Å². The average molecular weight is 358 g/mol. The smallest absolute Gasteiger partial charge is 0.196 e. The summed E-state index contributed by atoms with van der Waals surface area (Å²) in [5.41, 5.74) is 3.36. The fourth-order valence-corrected chi connectivity index (χ4v) is 4.00. The van der Waals surface area contributed by atoms with Crippen molar-refractivity contribution in [2.24, 2.45) is 0 Å². The van der Waals surface area contributed by atoms with E-state index in [0.717, 1.165) is 36.6 Å².